The zero-order chi connectivity index (χ0) is 17.5. The molecule has 1 unspecified atom stereocenters. The van der Waals surface area contributed by atoms with Crippen molar-refractivity contribution in [2.24, 2.45) is 0 Å². The number of carbonyl (C=O) groups excluding carboxylic acids is 2. The van der Waals surface area contributed by atoms with Gasteiger partial charge in [-0.05, 0) is 37.1 Å². The summed E-state index contributed by atoms with van der Waals surface area (Å²) in [7, 11) is -1.14. The molecule has 0 spiro atoms. The lowest BCUT2D eigenvalue weighted by molar-refractivity contribution is -0.136. The third-order valence-corrected chi connectivity index (χ3v) is 4.33. The fraction of sp³-hybridized carbons (Fsp3) is 0.222. The fourth-order valence-electron chi connectivity index (χ4n) is 2.21. The highest BCUT2D eigenvalue weighted by Crippen LogP contribution is 2.13. The van der Waals surface area contributed by atoms with Crippen molar-refractivity contribution in [3.8, 4) is 0 Å². The van der Waals surface area contributed by atoms with E-state index in [9.17, 15) is 13.8 Å². The van der Waals surface area contributed by atoms with Gasteiger partial charge in [-0.15, -0.1) is 0 Å². The normalized spacial score (nSPS) is 11.6. The minimum Gasteiger partial charge on any atom is -0.347 e. The summed E-state index contributed by atoms with van der Waals surface area (Å²) in [6.45, 7) is 2.39. The number of hydrogen-bond acceptors (Lipinski definition) is 3. The second-order valence-electron chi connectivity index (χ2n) is 5.43. The molecule has 0 fully saturated rings. The van der Waals surface area contributed by atoms with Gasteiger partial charge >= 0.3 is 11.8 Å². The molecule has 2 amide bonds. The first kappa shape index (κ1) is 17.9. The average Bonchev–Trinajstić information content (AvgIpc) is 2.55. The van der Waals surface area contributed by atoms with E-state index in [1.54, 1.807) is 30.5 Å². The van der Waals surface area contributed by atoms with Crippen LogP contribution in [0.5, 0.6) is 0 Å². The van der Waals surface area contributed by atoms with E-state index >= 15 is 0 Å². The first-order valence-electron chi connectivity index (χ1n) is 7.54. The monoisotopic (exact) mass is 344 g/mol. The van der Waals surface area contributed by atoms with Crippen LogP contribution in [-0.4, -0.2) is 28.8 Å². The van der Waals surface area contributed by atoms with Gasteiger partial charge in [0, 0.05) is 34.2 Å². The summed E-state index contributed by atoms with van der Waals surface area (Å²) >= 11 is 0. The van der Waals surface area contributed by atoms with Gasteiger partial charge in [0.05, 0.1) is 0 Å². The summed E-state index contributed by atoms with van der Waals surface area (Å²) in [5.41, 5.74) is 2.71. The van der Waals surface area contributed by atoms with Crippen LogP contribution in [0.4, 0.5) is 5.69 Å². The van der Waals surface area contributed by atoms with Gasteiger partial charge in [0.1, 0.15) is 0 Å². The van der Waals surface area contributed by atoms with Crippen LogP contribution < -0.4 is 10.6 Å². The van der Waals surface area contributed by atoms with Gasteiger partial charge < -0.3 is 10.6 Å². The van der Waals surface area contributed by atoms with E-state index < -0.39 is 22.6 Å². The molecular formula is C18H20N2O3S. The maximum Gasteiger partial charge on any atom is 0.313 e. The standard InChI is InChI=1S/C18H20N2O3S/c1-13-5-3-6-14(11-13)9-10-19-17(21)18(22)20-15-7-4-8-16(12-15)24(2)23/h3-8,11-12H,9-10H2,1-2H3,(H,19,21)(H,20,22). The zero-order valence-corrected chi connectivity index (χ0v) is 14.5. The SMILES string of the molecule is Cc1cccc(CCNC(=O)C(=O)Nc2cccc(S(C)=O)c2)c1. The first-order chi connectivity index (χ1) is 11.5. The average molecular weight is 344 g/mol. The predicted octanol–water partition coefficient (Wildman–Crippen LogP) is 2.03. The highest BCUT2D eigenvalue weighted by Gasteiger charge is 2.13. The van der Waals surface area contributed by atoms with E-state index in [-0.39, 0.29) is 0 Å². The lowest BCUT2D eigenvalue weighted by atomic mass is 10.1. The van der Waals surface area contributed by atoms with E-state index in [2.05, 4.69) is 10.6 Å². The summed E-state index contributed by atoms with van der Waals surface area (Å²) in [4.78, 5) is 24.3. The molecule has 24 heavy (non-hydrogen) atoms. The van der Waals surface area contributed by atoms with E-state index in [4.69, 9.17) is 0 Å². The molecule has 2 aromatic carbocycles. The molecule has 0 heterocycles. The van der Waals surface area contributed by atoms with Crippen molar-refractivity contribution in [1.29, 1.82) is 0 Å². The van der Waals surface area contributed by atoms with Crippen LogP contribution in [0.25, 0.3) is 0 Å². The van der Waals surface area contributed by atoms with Crippen molar-refractivity contribution < 1.29 is 13.8 Å². The molecule has 0 radical (unpaired) electrons. The summed E-state index contributed by atoms with van der Waals surface area (Å²) in [5.74, 6) is -1.43. The van der Waals surface area contributed by atoms with Crippen molar-refractivity contribution in [1.82, 2.24) is 5.32 Å². The first-order valence-corrected chi connectivity index (χ1v) is 9.10. The molecule has 0 bridgehead atoms. The summed E-state index contributed by atoms with van der Waals surface area (Å²) in [5, 5.41) is 5.11. The van der Waals surface area contributed by atoms with Crippen LogP contribution in [-0.2, 0) is 26.8 Å². The molecule has 1 atom stereocenters. The van der Waals surface area contributed by atoms with Gasteiger partial charge in [-0.25, -0.2) is 0 Å². The third kappa shape index (κ3) is 5.31. The van der Waals surface area contributed by atoms with Crippen LogP contribution >= 0.6 is 0 Å². The van der Waals surface area contributed by atoms with Gasteiger partial charge in [0.2, 0.25) is 0 Å². The quantitative estimate of drug-likeness (QED) is 0.815. The largest absolute Gasteiger partial charge is 0.347 e. The van der Waals surface area contributed by atoms with Crippen molar-refractivity contribution in [3.63, 3.8) is 0 Å². The van der Waals surface area contributed by atoms with Crippen LogP contribution in [0.1, 0.15) is 11.1 Å². The molecule has 2 N–H and O–H groups in total. The van der Waals surface area contributed by atoms with E-state index in [0.29, 0.717) is 23.5 Å². The molecule has 0 aliphatic heterocycles. The van der Waals surface area contributed by atoms with E-state index in [1.165, 1.54) is 0 Å². The fourth-order valence-corrected chi connectivity index (χ4v) is 2.77. The highest BCUT2D eigenvalue weighted by atomic mass is 32.2. The number of carbonyl (C=O) groups is 2. The van der Waals surface area contributed by atoms with Gasteiger partial charge in [-0.1, -0.05) is 35.9 Å². The third-order valence-electron chi connectivity index (χ3n) is 3.41. The number of amides is 2. The number of nitrogens with one attached hydrogen (secondary N) is 2. The topological polar surface area (TPSA) is 75.3 Å². The molecule has 0 saturated heterocycles. The smallest absolute Gasteiger partial charge is 0.313 e. The lowest BCUT2D eigenvalue weighted by Gasteiger charge is -2.08. The number of benzene rings is 2. The summed E-state index contributed by atoms with van der Waals surface area (Å²) < 4.78 is 11.4. The second kappa shape index (κ2) is 8.40. The van der Waals surface area contributed by atoms with Crippen molar-refractivity contribution in [2.75, 3.05) is 18.1 Å². The second-order valence-corrected chi connectivity index (χ2v) is 6.81. The molecular weight excluding hydrogens is 324 g/mol. The molecule has 5 nitrogen and oxygen atoms in total. The minimum absolute atomic E-state index is 0.384. The molecule has 0 aliphatic carbocycles. The van der Waals surface area contributed by atoms with Gasteiger partial charge in [-0.3, -0.25) is 13.8 Å². The highest BCUT2D eigenvalue weighted by molar-refractivity contribution is 7.84. The maximum absolute atomic E-state index is 11.9. The van der Waals surface area contributed by atoms with Crippen LogP contribution in [0, 0.1) is 6.92 Å². The Bertz CT molecular complexity index is 774. The number of rotatable bonds is 5. The Balaban J connectivity index is 1.85. The summed E-state index contributed by atoms with van der Waals surface area (Å²) in [6.07, 6.45) is 2.21. The van der Waals surface area contributed by atoms with Gasteiger partial charge in [0.15, 0.2) is 0 Å². The van der Waals surface area contributed by atoms with Gasteiger partial charge in [0.25, 0.3) is 0 Å². The lowest BCUT2D eigenvalue weighted by Crippen LogP contribution is -2.36. The predicted molar refractivity (Wildman–Crippen MR) is 95.3 cm³/mol. The van der Waals surface area contributed by atoms with Crippen LogP contribution in [0.15, 0.2) is 53.4 Å². The molecule has 0 saturated carbocycles. The molecule has 6 heteroatoms. The van der Waals surface area contributed by atoms with Crippen LogP contribution in [0.3, 0.4) is 0 Å². The van der Waals surface area contributed by atoms with Crippen molar-refractivity contribution in [3.05, 3.63) is 59.7 Å². The van der Waals surface area contributed by atoms with E-state index in [1.807, 2.05) is 31.2 Å². The minimum atomic E-state index is -1.14. The Morgan fingerprint density at radius 1 is 1.04 bits per heavy atom. The molecule has 0 aliphatic rings. The number of aryl methyl sites for hydroxylation is 1. The van der Waals surface area contributed by atoms with Crippen LogP contribution in [0.2, 0.25) is 0 Å². The van der Waals surface area contributed by atoms with Crippen molar-refractivity contribution >= 4 is 28.3 Å². The molecule has 0 aromatic heterocycles. The number of anilines is 1. The van der Waals surface area contributed by atoms with Crippen molar-refractivity contribution in [2.45, 2.75) is 18.2 Å². The Kier molecular flexibility index (Phi) is 6.26. The maximum atomic E-state index is 11.9. The Morgan fingerprint density at radius 3 is 2.50 bits per heavy atom. The molecule has 2 aromatic rings. The Hall–Kier alpha value is -2.47. The zero-order valence-electron chi connectivity index (χ0n) is 13.7. The van der Waals surface area contributed by atoms with Gasteiger partial charge in [-0.2, -0.15) is 0 Å². The molecule has 126 valence electrons. The molecule has 2 rings (SSSR count). The summed E-state index contributed by atoms with van der Waals surface area (Å²) in [6, 6.07) is 14.6. The van der Waals surface area contributed by atoms with E-state index in [0.717, 1.165) is 11.1 Å². The Labute approximate surface area is 143 Å². The number of hydrogen-bond donors (Lipinski definition) is 2. The Morgan fingerprint density at radius 2 is 1.79 bits per heavy atom.